The lowest BCUT2D eigenvalue weighted by atomic mass is 10.6. The van der Waals surface area contributed by atoms with Crippen molar-refractivity contribution < 1.29 is 25.3 Å². The van der Waals surface area contributed by atoms with E-state index in [9.17, 15) is 0 Å². The fourth-order valence-electron chi connectivity index (χ4n) is 0. The van der Waals surface area contributed by atoms with E-state index in [1.54, 1.807) is 0 Å². The van der Waals surface area contributed by atoms with Crippen LogP contribution in [0.2, 0.25) is 0 Å². The van der Waals surface area contributed by atoms with Crippen LogP contribution in [0.3, 0.4) is 0 Å². The Morgan fingerprint density at radius 3 is 1.60 bits per heavy atom. The van der Waals surface area contributed by atoms with Crippen molar-refractivity contribution in [2.24, 2.45) is 0 Å². The second-order valence-electron chi connectivity index (χ2n) is 1.65. The molecule has 6 nitrogen and oxygen atoms in total. The van der Waals surface area contributed by atoms with Crippen molar-refractivity contribution in [1.29, 1.82) is 0 Å². The SMILES string of the molecule is CC(=O)O.CC(O)(O)NO. The van der Waals surface area contributed by atoms with Crippen LogP contribution in [0.15, 0.2) is 0 Å². The van der Waals surface area contributed by atoms with Crippen LogP contribution in [0.25, 0.3) is 0 Å². The number of hydrogen-bond acceptors (Lipinski definition) is 5. The van der Waals surface area contributed by atoms with Gasteiger partial charge < -0.3 is 20.5 Å². The van der Waals surface area contributed by atoms with Crippen LogP contribution >= 0.6 is 0 Å². The molecule has 5 N–H and O–H groups in total. The summed E-state index contributed by atoms with van der Waals surface area (Å²) in [5.41, 5.74) is 1.22. The van der Waals surface area contributed by atoms with E-state index < -0.39 is 11.9 Å². The minimum atomic E-state index is -2.15. The van der Waals surface area contributed by atoms with Crippen LogP contribution in [0.1, 0.15) is 13.8 Å². The molecule has 6 heteroatoms. The summed E-state index contributed by atoms with van der Waals surface area (Å²) in [6, 6.07) is 0. The van der Waals surface area contributed by atoms with Crippen molar-refractivity contribution in [3.8, 4) is 0 Å². The maximum atomic E-state index is 9.00. The van der Waals surface area contributed by atoms with E-state index in [4.69, 9.17) is 25.3 Å². The molecule has 0 aliphatic rings. The van der Waals surface area contributed by atoms with Gasteiger partial charge in [0.15, 0.2) is 0 Å². The molecule has 0 amide bonds. The van der Waals surface area contributed by atoms with Crippen LogP contribution in [0.4, 0.5) is 0 Å². The Bertz CT molecular complexity index is 92.3. The van der Waals surface area contributed by atoms with Crippen LogP contribution in [0, 0.1) is 0 Å². The molecule has 0 rings (SSSR count). The van der Waals surface area contributed by atoms with Crippen molar-refractivity contribution in [3.63, 3.8) is 0 Å². The number of aliphatic hydroxyl groups is 2. The van der Waals surface area contributed by atoms with E-state index in [0.717, 1.165) is 13.8 Å². The minimum Gasteiger partial charge on any atom is -0.481 e. The molecule has 0 spiro atoms. The lowest BCUT2D eigenvalue weighted by molar-refractivity contribution is -0.226. The molecule has 0 aliphatic heterocycles. The Hall–Kier alpha value is -0.690. The first kappa shape index (κ1) is 12.0. The summed E-state index contributed by atoms with van der Waals surface area (Å²) in [5, 5.41) is 31.1. The van der Waals surface area contributed by atoms with Gasteiger partial charge in [-0.2, -0.15) is 5.48 Å². The third-order valence-corrected chi connectivity index (χ3v) is 0.212. The highest BCUT2D eigenvalue weighted by molar-refractivity contribution is 5.62. The van der Waals surface area contributed by atoms with Gasteiger partial charge in [-0.15, -0.1) is 0 Å². The number of rotatable bonds is 1. The molecule has 0 saturated heterocycles. The van der Waals surface area contributed by atoms with Gasteiger partial charge in [0.2, 0.25) is 5.91 Å². The Morgan fingerprint density at radius 1 is 1.50 bits per heavy atom. The second-order valence-corrected chi connectivity index (χ2v) is 1.65. The Balaban J connectivity index is 0. The highest BCUT2D eigenvalue weighted by atomic mass is 16.6. The number of hydrogen-bond donors (Lipinski definition) is 5. The second kappa shape index (κ2) is 5.12. The lowest BCUT2D eigenvalue weighted by Gasteiger charge is -2.10. The van der Waals surface area contributed by atoms with Crippen molar-refractivity contribution in [2.75, 3.05) is 0 Å². The number of aliphatic carboxylic acids is 1. The van der Waals surface area contributed by atoms with Crippen molar-refractivity contribution >= 4 is 5.97 Å². The fourth-order valence-corrected chi connectivity index (χ4v) is 0. The summed E-state index contributed by atoms with van der Waals surface area (Å²) in [6.07, 6.45) is 0. The summed E-state index contributed by atoms with van der Waals surface area (Å²) >= 11 is 0. The Labute approximate surface area is 57.7 Å². The summed E-state index contributed by atoms with van der Waals surface area (Å²) in [6.45, 7) is 2.08. The molecule has 0 aliphatic carbocycles. The predicted octanol–water partition coefficient (Wildman–Crippen LogP) is -1.29. The lowest BCUT2D eigenvalue weighted by Crippen LogP contribution is -2.39. The number of carbonyl (C=O) groups is 1. The smallest absolute Gasteiger partial charge is 0.300 e. The zero-order valence-corrected chi connectivity index (χ0v) is 5.70. The average molecular weight is 153 g/mol. The maximum absolute atomic E-state index is 9.00. The topological polar surface area (TPSA) is 110 Å². The molecule has 0 saturated carbocycles. The van der Waals surface area contributed by atoms with E-state index in [1.165, 1.54) is 5.48 Å². The standard InChI is InChI=1S/C2H7NO3.C2H4O2/c1-2(4,5)3-6;1-2(3)4/h3-6H,1H3;1H3,(H,3,4). The highest BCUT2D eigenvalue weighted by Crippen LogP contribution is 1.83. The first-order chi connectivity index (χ1) is 4.29. The van der Waals surface area contributed by atoms with Crippen molar-refractivity contribution in [2.45, 2.75) is 19.8 Å². The van der Waals surface area contributed by atoms with E-state index in [0.29, 0.717) is 0 Å². The first-order valence-corrected chi connectivity index (χ1v) is 2.35. The zero-order valence-electron chi connectivity index (χ0n) is 5.70. The summed E-state index contributed by atoms with van der Waals surface area (Å²) in [4.78, 5) is 9.00. The molecule has 10 heavy (non-hydrogen) atoms. The Kier molecular flexibility index (Phi) is 6.16. The minimum absolute atomic E-state index is 0.833. The number of carboxylic acid groups (broad SMARTS) is 1. The number of hydroxylamine groups is 1. The molecule has 0 unspecified atom stereocenters. The van der Waals surface area contributed by atoms with Gasteiger partial charge in [0.1, 0.15) is 0 Å². The number of carboxylic acids is 1. The van der Waals surface area contributed by atoms with E-state index >= 15 is 0 Å². The van der Waals surface area contributed by atoms with Gasteiger partial charge in [-0.05, 0) is 0 Å². The summed E-state index contributed by atoms with van der Waals surface area (Å²) < 4.78 is 0. The zero-order chi connectivity index (χ0) is 8.78. The summed E-state index contributed by atoms with van der Waals surface area (Å²) in [7, 11) is 0. The summed E-state index contributed by atoms with van der Waals surface area (Å²) in [5.74, 6) is -2.99. The molecule has 0 atom stereocenters. The van der Waals surface area contributed by atoms with Gasteiger partial charge in [-0.3, -0.25) is 4.79 Å². The molecule has 0 heterocycles. The Morgan fingerprint density at radius 2 is 1.60 bits per heavy atom. The molecule has 0 aromatic heterocycles. The first-order valence-electron chi connectivity index (χ1n) is 2.35. The highest BCUT2D eigenvalue weighted by Gasteiger charge is 2.09. The van der Waals surface area contributed by atoms with Crippen LogP contribution in [-0.2, 0) is 4.79 Å². The molecule has 0 aromatic rings. The van der Waals surface area contributed by atoms with Crippen molar-refractivity contribution in [1.82, 2.24) is 5.48 Å². The van der Waals surface area contributed by atoms with Crippen LogP contribution in [0.5, 0.6) is 0 Å². The molecule has 0 radical (unpaired) electrons. The maximum Gasteiger partial charge on any atom is 0.300 e. The van der Waals surface area contributed by atoms with Crippen molar-refractivity contribution in [3.05, 3.63) is 0 Å². The fraction of sp³-hybridized carbons (Fsp3) is 0.750. The van der Waals surface area contributed by atoms with Gasteiger partial charge in [0.05, 0.1) is 0 Å². The van der Waals surface area contributed by atoms with E-state index in [-0.39, 0.29) is 0 Å². The third kappa shape index (κ3) is 54.5. The predicted molar refractivity (Wildman–Crippen MR) is 31.1 cm³/mol. The average Bonchev–Trinajstić information content (AvgIpc) is 1.63. The normalized spacial score (nSPS) is 9.70. The molecule has 62 valence electrons. The van der Waals surface area contributed by atoms with Gasteiger partial charge in [0.25, 0.3) is 5.97 Å². The quantitative estimate of drug-likeness (QED) is 0.237. The molecular formula is C4H11NO5. The van der Waals surface area contributed by atoms with Crippen LogP contribution in [-0.4, -0.2) is 32.4 Å². The monoisotopic (exact) mass is 153 g/mol. The molecule has 0 fully saturated rings. The van der Waals surface area contributed by atoms with Crippen LogP contribution < -0.4 is 5.48 Å². The van der Waals surface area contributed by atoms with Gasteiger partial charge in [-0.25, -0.2) is 0 Å². The van der Waals surface area contributed by atoms with Gasteiger partial charge in [0, 0.05) is 13.8 Å². The molecule has 0 aromatic carbocycles. The largest absolute Gasteiger partial charge is 0.481 e. The van der Waals surface area contributed by atoms with Gasteiger partial charge in [-0.1, -0.05) is 0 Å². The van der Waals surface area contributed by atoms with Gasteiger partial charge >= 0.3 is 0 Å². The van der Waals surface area contributed by atoms with E-state index in [2.05, 4.69) is 0 Å². The third-order valence-electron chi connectivity index (χ3n) is 0.212. The number of nitrogens with one attached hydrogen (secondary N) is 1. The van der Waals surface area contributed by atoms with E-state index in [1.807, 2.05) is 0 Å². The molecular weight excluding hydrogens is 142 g/mol. The molecule has 0 bridgehead atoms.